The molecule has 2 aromatic rings. The van der Waals surface area contributed by atoms with Crippen LogP contribution in [-0.4, -0.2) is 40.6 Å². The molecule has 1 aromatic heterocycles. The van der Waals surface area contributed by atoms with Gasteiger partial charge in [-0.15, -0.1) is 0 Å². The average Bonchev–Trinajstić information content (AvgIpc) is 3.11. The van der Waals surface area contributed by atoms with E-state index in [1.807, 2.05) is 4.68 Å². The number of benzene rings is 1. The summed E-state index contributed by atoms with van der Waals surface area (Å²) in [4.78, 5) is 4.03. The molecule has 6 heteroatoms. The van der Waals surface area contributed by atoms with Crippen molar-refractivity contribution in [3.05, 3.63) is 36.9 Å². The molecule has 0 bridgehead atoms. The van der Waals surface area contributed by atoms with Crippen molar-refractivity contribution in [2.45, 2.75) is 44.7 Å². The summed E-state index contributed by atoms with van der Waals surface area (Å²) >= 11 is 0. The molecule has 2 N–H and O–H groups in total. The van der Waals surface area contributed by atoms with Gasteiger partial charge in [-0.1, -0.05) is 25.3 Å². The monoisotopic (exact) mass is 341 g/mol. The summed E-state index contributed by atoms with van der Waals surface area (Å²) in [7, 11) is 0. The van der Waals surface area contributed by atoms with Crippen molar-refractivity contribution in [2.75, 3.05) is 30.4 Å². The van der Waals surface area contributed by atoms with E-state index in [0.29, 0.717) is 6.04 Å². The van der Waals surface area contributed by atoms with E-state index in [1.165, 1.54) is 37.8 Å². The second-order valence-corrected chi connectivity index (χ2v) is 7.50. The Morgan fingerprint density at radius 1 is 1.16 bits per heavy atom. The molecule has 2 fully saturated rings. The number of nitrogens with zero attached hydrogens (tertiary/aromatic N) is 3. The summed E-state index contributed by atoms with van der Waals surface area (Å²) in [6.45, 7) is 3.24. The van der Waals surface area contributed by atoms with Gasteiger partial charge in [0, 0.05) is 24.0 Å². The first-order chi connectivity index (χ1) is 12.3. The third kappa shape index (κ3) is 4.12. The van der Waals surface area contributed by atoms with Crippen LogP contribution in [0.25, 0.3) is 0 Å². The van der Waals surface area contributed by atoms with Gasteiger partial charge in [-0.3, -0.25) is 4.68 Å². The maximum atomic E-state index is 5.49. The quantitative estimate of drug-likeness (QED) is 0.810. The molecule has 4 rings (SSSR count). The Morgan fingerprint density at radius 2 is 2.00 bits per heavy atom. The summed E-state index contributed by atoms with van der Waals surface area (Å²) in [5.41, 5.74) is 2.47. The smallest absolute Gasteiger partial charge is 0.137 e. The Bertz CT molecular complexity index is 662. The SMILES string of the molecule is c1cc(NCC2(Cn3cncn3)COC2)cc(NC2CCCCC2)c1. The molecule has 134 valence electrons. The second-order valence-electron chi connectivity index (χ2n) is 7.50. The predicted molar refractivity (Wildman–Crippen MR) is 98.7 cm³/mol. The van der Waals surface area contributed by atoms with E-state index in [4.69, 9.17) is 4.74 Å². The lowest BCUT2D eigenvalue weighted by Gasteiger charge is -2.41. The summed E-state index contributed by atoms with van der Waals surface area (Å²) in [5.74, 6) is 0. The largest absolute Gasteiger partial charge is 0.384 e. The summed E-state index contributed by atoms with van der Waals surface area (Å²) in [6, 6.07) is 9.26. The van der Waals surface area contributed by atoms with Crippen molar-refractivity contribution in [1.29, 1.82) is 0 Å². The number of hydrogen-bond acceptors (Lipinski definition) is 5. The molecule has 0 unspecified atom stereocenters. The Morgan fingerprint density at radius 3 is 2.72 bits per heavy atom. The van der Waals surface area contributed by atoms with Crippen LogP contribution in [0.3, 0.4) is 0 Å². The van der Waals surface area contributed by atoms with Crippen LogP contribution in [0, 0.1) is 5.41 Å². The van der Waals surface area contributed by atoms with E-state index in [-0.39, 0.29) is 5.41 Å². The Labute approximate surface area is 149 Å². The minimum atomic E-state index is 0.0977. The molecule has 0 atom stereocenters. The van der Waals surface area contributed by atoms with E-state index in [2.05, 4.69) is 45.0 Å². The number of ether oxygens (including phenoxy) is 1. The molecular formula is C19H27N5O. The van der Waals surface area contributed by atoms with Crippen LogP contribution < -0.4 is 10.6 Å². The second kappa shape index (κ2) is 7.44. The maximum Gasteiger partial charge on any atom is 0.137 e. The molecule has 1 saturated carbocycles. The zero-order chi connectivity index (χ0) is 17.0. The first-order valence-electron chi connectivity index (χ1n) is 9.32. The minimum absolute atomic E-state index is 0.0977. The number of anilines is 2. The van der Waals surface area contributed by atoms with Gasteiger partial charge in [0.2, 0.25) is 0 Å². The average molecular weight is 341 g/mol. The first kappa shape index (κ1) is 16.4. The Hall–Kier alpha value is -2.08. The summed E-state index contributed by atoms with van der Waals surface area (Å²) in [5, 5.41) is 11.5. The van der Waals surface area contributed by atoms with Gasteiger partial charge in [0.05, 0.1) is 25.2 Å². The topological polar surface area (TPSA) is 64.0 Å². The van der Waals surface area contributed by atoms with Crippen LogP contribution in [0.5, 0.6) is 0 Å². The van der Waals surface area contributed by atoms with E-state index in [9.17, 15) is 0 Å². The van der Waals surface area contributed by atoms with Gasteiger partial charge < -0.3 is 15.4 Å². The molecular weight excluding hydrogens is 314 g/mol. The number of rotatable bonds is 7. The van der Waals surface area contributed by atoms with Gasteiger partial charge in [0.25, 0.3) is 0 Å². The number of aromatic nitrogens is 3. The van der Waals surface area contributed by atoms with Gasteiger partial charge in [0.1, 0.15) is 12.7 Å². The molecule has 6 nitrogen and oxygen atoms in total. The van der Waals surface area contributed by atoms with Crippen molar-refractivity contribution >= 4 is 11.4 Å². The fourth-order valence-corrected chi connectivity index (χ4v) is 3.79. The molecule has 1 aliphatic carbocycles. The van der Waals surface area contributed by atoms with Gasteiger partial charge in [0.15, 0.2) is 0 Å². The normalized spacial score (nSPS) is 20.0. The summed E-state index contributed by atoms with van der Waals surface area (Å²) in [6.07, 6.45) is 10.0. The zero-order valence-electron chi connectivity index (χ0n) is 14.7. The molecule has 0 amide bonds. The van der Waals surface area contributed by atoms with Crippen molar-refractivity contribution in [3.63, 3.8) is 0 Å². The fraction of sp³-hybridized carbons (Fsp3) is 0.579. The Kier molecular flexibility index (Phi) is 4.88. The van der Waals surface area contributed by atoms with E-state index in [0.717, 1.165) is 32.0 Å². The maximum absolute atomic E-state index is 5.49. The highest BCUT2D eigenvalue weighted by molar-refractivity contribution is 5.57. The number of nitrogens with one attached hydrogen (secondary N) is 2. The van der Waals surface area contributed by atoms with Gasteiger partial charge in [-0.2, -0.15) is 5.10 Å². The van der Waals surface area contributed by atoms with Crippen LogP contribution in [0.2, 0.25) is 0 Å². The van der Waals surface area contributed by atoms with Crippen LogP contribution in [0.1, 0.15) is 32.1 Å². The third-order valence-corrected chi connectivity index (χ3v) is 5.29. The third-order valence-electron chi connectivity index (χ3n) is 5.29. The lowest BCUT2D eigenvalue weighted by molar-refractivity contribution is -0.114. The standard InChI is InChI=1S/C19H27N5O/c1-2-5-16(6-3-1)23-18-8-4-7-17(9-18)21-10-19(12-25-13-19)11-24-15-20-14-22-24/h4,7-9,14-16,21,23H,1-3,5-6,10-13H2. The highest BCUT2D eigenvalue weighted by Gasteiger charge is 2.39. The van der Waals surface area contributed by atoms with Crippen LogP contribution >= 0.6 is 0 Å². The van der Waals surface area contributed by atoms with E-state index < -0.39 is 0 Å². The first-order valence-corrected chi connectivity index (χ1v) is 9.32. The summed E-state index contributed by atoms with van der Waals surface area (Å²) < 4.78 is 7.38. The lowest BCUT2D eigenvalue weighted by atomic mass is 9.85. The molecule has 25 heavy (non-hydrogen) atoms. The highest BCUT2D eigenvalue weighted by Crippen LogP contribution is 2.30. The zero-order valence-corrected chi connectivity index (χ0v) is 14.7. The molecule has 0 radical (unpaired) electrons. The Balaban J connectivity index is 1.34. The van der Waals surface area contributed by atoms with Crippen LogP contribution in [-0.2, 0) is 11.3 Å². The van der Waals surface area contributed by atoms with Crippen LogP contribution in [0.4, 0.5) is 11.4 Å². The molecule has 2 heterocycles. The predicted octanol–water partition coefficient (Wildman–Crippen LogP) is 3.15. The molecule has 2 aliphatic rings. The fourth-order valence-electron chi connectivity index (χ4n) is 3.79. The van der Waals surface area contributed by atoms with Crippen molar-refractivity contribution in [1.82, 2.24) is 14.8 Å². The van der Waals surface area contributed by atoms with E-state index >= 15 is 0 Å². The molecule has 0 spiro atoms. The van der Waals surface area contributed by atoms with Crippen LogP contribution in [0.15, 0.2) is 36.9 Å². The van der Waals surface area contributed by atoms with Crippen molar-refractivity contribution < 1.29 is 4.74 Å². The van der Waals surface area contributed by atoms with Gasteiger partial charge in [-0.05, 0) is 31.0 Å². The van der Waals surface area contributed by atoms with Crippen molar-refractivity contribution in [3.8, 4) is 0 Å². The number of hydrogen-bond donors (Lipinski definition) is 2. The van der Waals surface area contributed by atoms with Gasteiger partial charge in [-0.25, -0.2) is 4.98 Å². The lowest BCUT2D eigenvalue weighted by Crippen LogP contribution is -2.50. The van der Waals surface area contributed by atoms with Gasteiger partial charge >= 0.3 is 0 Å². The van der Waals surface area contributed by atoms with E-state index in [1.54, 1.807) is 12.7 Å². The molecule has 1 saturated heterocycles. The highest BCUT2D eigenvalue weighted by atomic mass is 16.5. The van der Waals surface area contributed by atoms with Crippen molar-refractivity contribution in [2.24, 2.45) is 5.41 Å². The molecule has 1 aliphatic heterocycles. The minimum Gasteiger partial charge on any atom is -0.384 e. The molecule has 1 aromatic carbocycles.